The normalized spacial score (nSPS) is 10.7. The van der Waals surface area contributed by atoms with Crippen molar-refractivity contribution in [1.29, 1.82) is 0 Å². The molecule has 5 heteroatoms. The molecule has 0 saturated carbocycles. The zero-order valence-corrected chi connectivity index (χ0v) is 10.7. The largest absolute Gasteiger partial charge is 0.496 e. The molecule has 0 spiro atoms. The fraction of sp³-hybridized carbons (Fsp3) is 0.308. The zero-order valence-electron chi connectivity index (χ0n) is 10.7. The Labute approximate surface area is 105 Å². The van der Waals surface area contributed by atoms with Gasteiger partial charge in [-0.25, -0.2) is 4.39 Å². The van der Waals surface area contributed by atoms with Crippen molar-refractivity contribution in [3.05, 3.63) is 35.3 Å². The Hall–Kier alpha value is -1.88. The van der Waals surface area contributed by atoms with Crippen LogP contribution in [-0.4, -0.2) is 16.9 Å². The van der Waals surface area contributed by atoms with Crippen LogP contribution in [0.1, 0.15) is 11.3 Å². The predicted octanol–water partition coefficient (Wildman–Crippen LogP) is 2.00. The van der Waals surface area contributed by atoms with Crippen molar-refractivity contribution in [2.45, 2.75) is 13.5 Å². The number of rotatable bonds is 3. The number of halogens is 1. The van der Waals surface area contributed by atoms with Crippen LogP contribution in [0.4, 0.5) is 4.39 Å². The van der Waals surface area contributed by atoms with E-state index in [-0.39, 0.29) is 5.82 Å². The van der Waals surface area contributed by atoms with E-state index in [9.17, 15) is 4.39 Å². The van der Waals surface area contributed by atoms with Gasteiger partial charge in [-0.3, -0.25) is 4.68 Å². The molecule has 0 amide bonds. The number of methoxy groups -OCH3 is 1. The molecule has 1 aromatic heterocycles. The first-order valence-electron chi connectivity index (χ1n) is 5.65. The fourth-order valence-corrected chi connectivity index (χ4v) is 2.12. The molecule has 0 aliphatic carbocycles. The molecular weight excluding hydrogens is 233 g/mol. The van der Waals surface area contributed by atoms with Crippen LogP contribution >= 0.6 is 0 Å². The summed E-state index contributed by atoms with van der Waals surface area (Å²) in [5.74, 6) is 0.312. The van der Waals surface area contributed by atoms with Crippen LogP contribution < -0.4 is 10.5 Å². The lowest BCUT2D eigenvalue weighted by molar-refractivity contribution is 0.415. The molecule has 0 aliphatic rings. The smallest absolute Gasteiger partial charge is 0.128 e. The Morgan fingerprint density at radius 2 is 2.17 bits per heavy atom. The maximum Gasteiger partial charge on any atom is 0.128 e. The van der Waals surface area contributed by atoms with Crippen molar-refractivity contribution in [1.82, 2.24) is 9.78 Å². The molecule has 0 saturated heterocycles. The van der Waals surface area contributed by atoms with Gasteiger partial charge in [0, 0.05) is 19.2 Å². The lowest BCUT2D eigenvalue weighted by Gasteiger charge is -2.10. The summed E-state index contributed by atoms with van der Waals surface area (Å²) >= 11 is 0. The molecule has 4 nitrogen and oxygen atoms in total. The van der Waals surface area contributed by atoms with Crippen molar-refractivity contribution < 1.29 is 9.13 Å². The molecule has 2 aromatic rings. The van der Waals surface area contributed by atoms with Gasteiger partial charge in [-0.15, -0.1) is 0 Å². The van der Waals surface area contributed by atoms with Gasteiger partial charge in [0.1, 0.15) is 11.6 Å². The number of hydrogen-bond donors (Lipinski definition) is 1. The SMILES string of the molecule is COc1ccc(F)cc1-c1c(C)c(CN)nn1C. The topological polar surface area (TPSA) is 53.1 Å². The molecule has 1 heterocycles. The highest BCUT2D eigenvalue weighted by molar-refractivity contribution is 5.71. The zero-order chi connectivity index (χ0) is 13.3. The second-order valence-corrected chi connectivity index (χ2v) is 4.09. The molecular formula is C13H16FN3O. The molecule has 2 N–H and O–H groups in total. The van der Waals surface area contributed by atoms with E-state index in [2.05, 4.69) is 5.10 Å². The number of nitrogens with zero attached hydrogens (tertiary/aromatic N) is 2. The first-order valence-corrected chi connectivity index (χ1v) is 5.65. The lowest BCUT2D eigenvalue weighted by atomic mass is 10.1. The van der Waals surface area contributed by atoms with Gasteiger partial charge in [0.25, 0.3) is 0 Å². The molecule has 2 rings (SSSR count). The average molecular weight is 249 g/mol. The first kappa shape index (κ1) is 12.6. The van der Waals surface area contributed by atoms with Crippen LogP contribution in [0.3, 0.4) is 0 Å². The Balaban J connectivity index is 2.68. The molecule has 0 aliphatic heterocycles. The van der Waals surface area contributed by atoms with Crippen LogP contribution in [0.15, 0.2) is 18.2 Å². The van der Waals surface area contributed by atoms with Crippen LogP contribution in [0.25, 0.3) is 11.3 Å². The van der Waals surface area contributed by atoms with Crippen molar-refractivity contribution >= 4 is 0 Å². The fourth-order valence-electron chi connectivity index (χ4n) is 2.12. The van der Waals surface area contributed by atoms with Crippen LogP contribution in [-0.2, 0) is 13.6 Å². The van der Waals surface area contributed by atoms with Gasteiger partial charge in [-0.2, -0.15) is 5.10 Å². The van der Waals surface area contributed by atoms with E-state index in [1.807, 2.05) is 14.0 Å². The molecule has 0 atom stereocenters. The van der Waals surface area contributed by atoms with Gasteiger partial charge in [-0.05, 0) is 30.7 Å². The van der Waals surface area contributed by atoms with E-state index in [0.29, 0.717) is 17.9 Å². The van der Waals surface area contributed by atoms with Gasteiger partial charge >= 0.3 is 0 Å². The summed E-state index contributed by atoms with van der Waals surface area (Å²) in [4.78, 5) is 0. The van der Waals surface area contributed by atoms with Gasteiger partial charge in [-0.1, -0.05) is 0 Å². The molecule has 0 radical (unpaired) electrons. The van der Waals surface area contributed by atoms with E-state index in [0.717, 1.165) is 17.0 Å². The molecule has 1 aromatic carbocycles. The minimum Gasteiger partial charge on any atom is -0.496 e. The highest BCUT2D eigenvalue weighted by atomic mass is 19.1. The van der Waals surface area contributed by atoms with Gasteiger partial charge in [0.05, 0.1) is 18.5 Å². The van der Waals surface area contributed by atoms with Crippen molar-refractivity contribution in [2.24, 2.45) is 12.8 Å². The number of aromatic nitrogens is 2. The Morgan fingerprint density at radius 3 is 2.72 bits per heavy atom. The number of hydrogen-bond acceptors (Lipinski definition) is 3. The summed E-state index contributed by atoms with van der Waals surface area (Å²) in [5, 5.41) is 4.32. The van der Waals surface area contributed by atoms with Gasteiger partial charge in [0.15, 0.2) is 0 Å². The van der Waals surface area contributed by atoms with Crippen molar-refractivity contribution in [2.75, 3.05) is 7.11 Å². The Morgan fingerprint density at radius 1 is 1.44 bits per heavy atom. The van der Waals surface area contributed by atoms with Crippen LogP contribution in [0, 0.1) is 12.7 Å². The van der Waals surface area contributed by atoms with Gasteiger partial charge < -0.3 is 10.5 Å². The van der Waals surface area contributed by atoms with E-state index in [1.54, 1.807) is 17.9 Å². The molecule has 0 bridgehead atoms. The summed E-state index contributed by atoms with van der Waals surface area (Å²) in [5.41, 5.74) is 8.89. The van der Waals surface area contributed by atoms with E-state index in [4.69, 9.17) is 10.5 Å². The minimum absolute atomic E-state index is 0.305. The summed E-state index contributed by atoms with van der Waals surface area (Å²) in [6.45, 7) is 2.28. The third kappa shape index (κ3) is 1.97. The maximum atomic E-state index is 13.4. The summed E-state index contributed by atoms with van der Waals surface area (Å²) in [6, 6.07) is 4.43. The average Bonchev–Trinajstić information content (AvgIpc) is 2.64. The highest BCUT2D eigenvalue weighted by Crippen LogP contribution is 2.33. The third-order valence-electron chi connectivity index (χ3n) is 2.99. The highest BCUT2D eigenvalue weighted by Gasteiger charge is 2.17. The summed E-state index contributed by atoms with van der Waals surface area (Å²) in [6.07, 6.45) is 0. The molecule has 0 fully saturated rings. The Bertz CT molecular complexity index is 578. The first-order chi connectivity index (χ1) is 8.58. The Kier molecular flexibility index (Phi) is 3.34. The third-order valence-corrected chi connectivity index (χ3v) is 2.99. The van der Waals surface area contributed by atoms with Gasteiger partial charge in [0.2, 0.25) is 0 Å². The van der Waals surface area contributed by atoms with Crippen molar-refractivity contribution in [3.63, 3.8) is 0 Å². The minimum atomic E-state index is -0.305. The second-order valence-electron chi connectivity index (χ2n) is 4.09. The van der Waals surface area contributed by atoms with Crippen LogP contribution in [0.2, 0.25) is 0 Å². The predicted molar refractivity (Wildman–Crippen MR) is 67.8 cm³/mol. The summed E-state index contributed by atoms with van der Waals surface area (Å²) < 4.78 is 20.4. The standard InChI is InChI=1S/C13H16FN3O/c1-8-11(7-15)16-17(2)13(8)10-6-9(14)4-5-12(10)18-3/h4-6H,7,15H2,1-3H3. The molecule has 18 heavy (non-hydrogen) atoms. The maximum absolute atomic E-state index is 13.4. The quantitative estimate of drug-likeness (QED) is 0.905. The van der Waals surface area contributed by atoms with Crippen molar-refractivity contribution in [3.8, 4) is 17.0 Å². The van der Waals surface area contributed by atoms with Crippen LogP contribution in [0.5, 0.6) is 5.75 Å². The molecule has 96 valence electrons. The number of benzene rings is 1. The van der Waals surface area contributed by atoms with E-state index < -0.39 is 0 Å². The monoisotopic (exact) mass is 249 g/mol. The number of nitrogens with two attached hydrogens (primary N) is 1. The van der Waals surface area contributed by atoms with E-state index >= 15 is 0 Å². The second kappa shape index (κ2) is 4.78. The lowest BCUT2D eigenvalue weighted by Crippen LogP contribution is -1.99. The number of ether oxygens (including phenoxy) is 1. The number of aryl methyl sites for hydroxylation is 1. The van der Waals surface area contributed by atoms with E-state index in [1.165, 1.54) is 12.1 Å². The molecule has 0 unspecified atom stereocenters. The summed E-state index contributed by atoms with van der Waals surface area (Å²) in [7, 11) is 3.37.